The molecule has 0 N–H and O–H groups in total. The third kappa shape index (κ3) is 2.02. The van der Waals surface area contributed by atoms with Crippen molar-refractivity contribution in [3.05, 3.63) is 30.6 Å². The first-order chi connectivity index (χ1) is 10.7. The second kappa shape index (κ2) is 5.51. The molecule has 3 rings (SSSR count). The van der Waals surface area contributed by atoms with E-state index in [1.165, 1.54) is 6.33 Å². The van der Waals surface area contributed by atoms with Crippen molar-refractivity contribution in [2.75, 3.05) is 21.3 Å². The van der Waals surface area contributed by atoms with E-state index in [0.717, 1.165) is 11.2 Å². The van der Waals surface area contributed by atoms with Crippen molar-refractivity contribution in [2.24, 2.45) is 0 Å². The monoisotopic (exact) mass is 300 g/mol. The number of fused-ring (bicyclic) bond motifs is 1. The molecule has 0 fully saturated rings. The van der Waals surface area contributed by atoms with Gasteiger partial charge in [-0.15, -0.1) is 0 Å². The van der Waals surface area contributed by atoms with Crippen molar-refractivity contribution in [1.29, 1.82) is 0 Å². The Hall–Kier alpha value is -2.83. The number of aryl methyl sites for hydroxylation is 1. The first-order valence-corrected chi connectivity index (χ1v) is 6.65. The molecular formula is C15H16N4O3. The fraction of sp³-hybridized carbons (Fsp3) is 0.267. The van der Waals surface area contributed by atoms with Crippen LogP contribution in [0.1, 0.15) is 5.82 Å². The molecule has 7 heteroatoms. The van der Waals surface area contributed by atoms with Crippen molar-refractivity contribution in [1.82, 2.24) is 19.5 Å². The van der Waals surface area contributed by atoms with Crippen LogP contribution in [0.4, 0.5) is 0 Å². The minimum atomic E-state index is 0.504. The Labute approximate surface area is 127 Å². The Bertz CT molecular complexity index is 829. The van der Waals surface area contributed by atoms with E-state index in [9.17, 15) is 0 Å². The first kappa shape index (κ1) is 14.1. The molecule has 0 atom stereocenters. The van der Waals surface area contributed by atoms with Crippen LogP contribution >= 0.6 is 0 Å². The molecule has 0 radical (unpaired) electrons. The van der Waals surface area contributed by atoms with Crippen LogP contribution in [0.5, 0.6) is 17.2 Å². The minimum absolute atomic E-state index is 0.504. The van der Waals surface area contributed by atoms with Crippen LogP contribution in [0.25, 0.3) is 16.7 Å². The molecule has 114 valence electrons. The molecule has 2 aromatic heterocycles. The topological polar surface area (TPSA) is 71.3 Å². The van der Waals surface area contributed by atoms with Gasteiger partial charge in [-0.2, -0.15) is 0 Å². The van der Waals surface area contributed by atoms with E-state index >= 15 is 0 Å². The molecule has 0 saturated heterocycles. The van der Waals surface area contributed by atoms with Gasteiger partial charge in [0, 0.05) is 12.4 Å². The van der Waals surface area contributed by atoms with Crippen LogP contribution in [0.2, 0.25) is 0 Å². The maximum atomic E-state index is 5.47. The fourth-order valence-corrected chi connectivity index (χ4v) is 2.44. The molecule has 0 aliphatic heterocycles. The van der Waals surface area contributed by atoms with Gasteiger partial charge in [0.05, 0.1) is 26.7 Å². The van der Waals surface area contributed by atoms with E-state index in [1.807, 2.05) is 23.8 Å². The van der Waals surface area contributed by atoms with Gasteiger partial charge >= 0.3 is 0 Å². The average molecular weight is 300 g/mol. The van der Waals surface area contributed by atoms with Crippen molar-refractivity contribution in [2.45, 2.75) is 6.92 Å². The molecule has 0 unspecified atom stereocenters. The summed E-state index contributed by atoms with van der Waals surface area (Å²) in [4.78, 5) is 12.9. The highest BCUT2D eigenvalue weighted by Crippen LogP contribution is 2.43. The zero-order chi connectivity index (χ0) is 15.7. The van der Waals surface area contributed by atoms with Gasteiger partial charge in [0.1, 0.15) is 23.5 Å². The summed E-state index contributed by atoms with van der Waals surface area (Å²) in [5.74, 6) is 3.11. The van der Waals surface area contributed by atoms with Gasteiger partial charge in [-0.05, 0) is 13.0 Å². The lowest BCUT2D eigenvalue weighted by molar-refractivity contribution is 0.327. The maximum absolute atomic E-state index is 5.47. The zero-order valence-electron chi connectivity index (χ0n) is 12.8. The third-order valence-corrected chi connectivity index (χ3v) is 3.47. The second-order valence-corrected chi connectivity index (χ2v) is 4.58. The highest BCUT2D eigenvalue weighted by atomic mass is 16.5. The lowest BCUT2D eigenvalue weighted by atomic mass is 10.2. The molecule has 0 bridgehead atoms. The Morgan fingerprint density at radius 3 is 2.32 bits per heavy atom. The highest BCUT2D eigenvalue weighted by Gasteiger charge is 2.20. The van der Waals surface area contributed by atoms with Crippen LogP contribution in [-0.2, 0) is 0 Å². The summed E-state index contributed by atoms with van der Waals surface area (Å²) < 4.78 is 18.2. The van der Waals surface area contributed by atoms with E-state index < -0.39 is 0 Å². The smallest absolute Gasteiger partial charge is 0.205 e. The number of nitrogens with zero attached hydrogens (tertiary/aromatic N) is 4. The van der Waals surface area contributed by atoms with E-state index in [4.69, 9.17) is 14.2 Å². The van der Waals surface area contributed by atoms with Crippen LogP contribution < -0.4 is 14.2 Å². The number of imidazole rings is 1. The van der Waals surface area contributed by atoms with E-state index in [-0.39, 0.29) is 0 Å². The average Bonchev–Trinajstić information content (AvgIpc) is 2.98. The highest BCUT2D eigenvalue weighted by molar-refractivity contribution is 5.94. The molecule has 22 heavy (non-hydrogen) atoms. The first-order valence-electron chi connectivity index (χ1n) is 6.65. The molecular weight excluding hydrogens is 284 g/mol. The Morgan fingerprint density at radius 1 is 0.955 bits per heavy atom. The number of hydrogen-bond donors (Lipinski definition) is 0. The molecule has 3 aromatic rings. The molecule has 0 saturated carbocycles. The summed E-state index contributed by atoms with van der Waals surface area (Å²) in [6.07, 6.45) is 5.06. The predicted octanol–water partition coefficient (Wildman–Crippen LogP) is 2.15. The molecule has 7 nitrogen and oxygen atoms in total. The molecule has 0 aliphatic carbocycles. The Kier molecular flexibility index (Phi) is 3.54. The van der Waals surface area contributed by atoms with E-state index in [2.05, 4.69) is 15.0 Å². The maximum Gasteiger partial charge on any atom is 0.205 e. The zero-order valence-corrected chi connectivity index (χ0v) is 12.8. The predicted molar refractivity (Wildman–Crippen MR) is 81.1 cm³/mol. The lowest BCUT2D eigenvalue weighted by Gasteiger charge is -2.15. The normalized spacial score (nSPS) is 10.7. The van der Waals surface area contributed by atoms with Gasteiger partial charge in [-0.1, -0.05) is 0 Å². The van der Waals surface area contributed by atoms with Crippen molar-refractivity contribution in [3.8, 4) is 23.1 Å². The number of benzene rings is 1. The third-order valence-electron chi connectivity index (χ3n) is 3.47. The van der Waals surface area contributed by atoms with Gasteiger partial charge in [-0.25, -0.2) is 15.0 Å². The standard InChI is InChI=1S/C15H16N4O3/c1-9-16-5-6-19(9)15-10-7-11(20-2)13(21-3)14(22-4)12(10)17-8-18-15/h5-8H,1-4H3. The molecule has 0 amide bonds. The molecule has 0 spiro atoms. The molecule has 2 heterocycles. The molecule has 1 aromatic carbocycles. The summed E-state index contributed by atoms with van der Waals surface area (Å²) in [5.41, 5.74) is 0.651. The van der Waals surface area contributed by atoms with E-state index in [1.54, 1.807) is 27.5 Å². The largest absolute Gasteiger partial charge is 0.493 e. The van der Waals surface area contributed by atoms with Gasteiger partial charge < -0.3 is 14.2 Å². The van der Waals surface area contributed by atoms with Gasteiger partial charge in [-0.3, -0.25) is 4.57 Å². The quantitative estimate of drug-likeness (QED) is 0.735. The summed E-state index contributed by atoms with van der Waals surface area (Å²) in [6, 6.07) is 1.84. The fourth-order valence-electron chi connectivity index (χ4n) is 2.44. The SMILES string of the molecule is COc1cc2c(-n3ccnc3C)ncnc2c(OC)c1OC. The van der Waals surface area contributed by atoms with Crippen LogP contribution in [0, 0.1) is 6.92 Å². The summed E-state index contributed by atoms with van der Waals surface area (Å²) >= 11 is 0. The minimum Gasteiger partial charge on any atom is -0.493 e. The number of methoxy groups -OCH3 is 3. The lowest BCUT2D eigenvalue weighted by Crippen LogP contribution is -2.03. The number of ether oxygens (including phenoxy) is 3. The van der Waals surface area contributed by atoms with Crippen LogP contribution in [0.15, 0.2) is 24.8 Å². The number of hydrogen-bond acceptors (Lipinski definition) is 6. The van der Waals surface area contributed by atoms with Crippen molar-refractivity contribution < 1.29 is 14.2 Å². The van der Waals surface area contributed by atoms with Crippen molar-refractivity contribution in [3.63, 3.8) is 0 Å². The Morgan fingerprint density at radius 2 is 1.73 bits per heavy atom. The van der Waals surface area contributed by atoms with Gasteiger partial charge in [0.25, 0.3) is 0 Å². The van der Waals surface area contributed by atoms with Crippen LogP contribution in [-0.4, -0.2) is 40.8 Å². The summed E-state index contributed by atoms with van der Waals surface area (Å²) in [6.45, 7) is 1.91. The van der Waals surface area contributed by atoms with Gasteiger partial charge in [0.15, 0.2) is 11.5 Å². The number of aromatic nitrogens is 4. The summed E-state index contributed by atoms with van der Waals surface area (Å²) in [5, 5.41) is 0.790. The molecule has 0 aliphatic rings. The van der Waals surface area contributed by atoms with Crippen molar-refractivity contribution >= 4 is 10.9 Å². The summed E-state index contributed by atoms with van der Waals surface area (Å²) in [7, 11) is 4.71. The van der Waals surface area contributed by atoms with Crippen LogP contribution in [0.3, 0.4) is 0 Å². The van der Waals surface area contributed by atoms with Gasteiger partial charge in [0.2, 0.25) is 5.75 Å². The number of rotatable bonds is 4. The second-order valence-electron chi connectivity index (χ2n) is 4.58. The Balaban J connectivity index is 2.40. The van der Waals surface area contributed by atoms with E-state index in [0.29, 0.717) is 28.6 Å².